The van der Waals surface area contributed by atoms with E-state index < -0.39 is 0 Å². The molecule has 0 saturated heterocycles. The topological polar surface area (TPSA) is 17.1 Å². The van der Waals surface area contributed by atoms with Crippen LogP contribution in [0.5, 0.6) is 0 Å². The maximum absolute atomic E-state index is 10.6. The van der Waals surface area contributed by atoms with Gasteiger partial charge < -0.3 is 4.79 Å². The second-order valence-electron chi connectivity index (χ2n) is 2.27. The molecule has 0 aromatic carbocycles. The summed E-state index contributed by atoms with van der Waals surface area (Å²) in [6, 6.07) is 2.02. The van der Waals surface area contributed by atoms with Gasteiger partial charge in [-0.3, -0.25) is 0 Å². The zero-order chi connectivity index (χ0) is 7.68. The molecule has 0 fully saturated rings. The van der Waals surface area contributed by atoms with Crippen LogP contribution < -0.4 is 0 Å². The van der Waals surface area contributed by atoms with Gasteiger partial charge in [-0.05, 0) is 22.4 Å². The van der Waals surface area contributed by atoms with Crippen molar-refractivity contribution in [1.82, 2.24) is 0 Å². The maximum atomic E-state index is 10.6. The lowest BCUT2D eigenvalue weighted by molar-refractivity contribution is -0.108. The highest BCUT2D eigenvalue weighted by atomic mass is 32.2. The van der Waals surface area contributed by atoms with Gasteiger partial charge in [0, 0.05) is 0 Å². The summed E-state index contributed by atoms with van der Waals surface area (Å²) in [6.45, 7) is 0. The highest BCUT2D eigenvalue weighted by molar-refractivity contribution is 8.04. The van der Waals surface area contributed by atoms with E-state index in [0.29, 0.717) is 0 Å². The summed E-state index contributed by atoms with van der Waals surface area (Å²) in [5.41, 5.74) is 1.16. The summed E-state index contributed by atoms with van der Waals surface area (Å²) >= 11 is 3.39. The summed E-state index contributed by atoms with van der Waals surface area (Å²) in [7, 11) is 0. The van der Waals surface area contributed by atoms with E-state index in [4.69, 9.17) is 0 Å². The summed E-state index contributed by atoms with van der Waals surface area (Å²) < 4.78 is 1.25. The van der Waals surface area contributed by atoms with E-state index in [1.54, 1.807) is 23.1 Å². The van der Waals surface area contributed by atoms with Crippen LogP contribution in [0.4, 0.5) is 0 Å². The number of thioether (sulfide) groups is 1. The summed E-state index contributed by atoms with van der Waals surface area (Å²) in [6.07, 6.45) is 2.93. The number of thiophene rings is 1. The third-order valence-corrected chi connectivity index (χ3v) is 3.67. The van der Waals surface area contributed by atoms with Crippen LogP contribution in [0.3, 0.4) is 0 Å². The molecule has 0 spiro atoms. The molecule has 1 aromatic heterocycles. The zero-order valence-corrected chi connectivity index (χ0v) is 7.32. The molecule has 1 atom stereocenters. The van der Waals surface area contributed by atoms with E-state index in [0.717, 1.165) is 11.8 Å². The molecule has 1 aromatic rings. The van der Waals surface area contributed by atoms with Gasteiger partial charge in [-0.1, -0.05) is 17.8 Å². The first-order valence-electron chi connectivity index (χ1n) is 3.28. The van der Waals surface area contributed by atoms with Crippen molar-refractivity contribution in [3.05, 3.63) is 28.5 Å². The molecular formula is C8H6OS2. The minimum absolute atomic E-state index is 0.00231. The zero-order valence-electron chi connectivity index (χ0n) is 5.69. The van der Waals surface area contributed by atoms with Crippen molar-refractivity contribution in [2.75, 3.05) is 0 Å². The fourth-order valence-corrected chi connectivity index (χ4v) is 3.00. The largest absolute Gasteiger partial charge is 0.302 e. The first-order chi connectivity index (χ1) is 5.42. The van der Waals surface area contributed by atoms with Crippen LogP contribution in [0.2, 0.25) is 0 Å². The average molecular weight is 182 g/mol. The molecule has 0 N–H and O–H groups in total. The molecule has 0 bridgehead atoms. The number of hydrogen-bond acceptors (Lipinski definition) is 3. The predicted octanol–water partition coefficient (Wildman–Crippen LogP) is 2.65. The van der Waals surface area contributed by atoms with E-state index in [1.165, 1.54) is 4.21 Å². The van der Waals surface area contributed by atoms with Gasteiger partial charge in [0.2, 0.25) is 0 Å². The van der Waals surface area contributed by atoms with E-state index in [9.17, 15) is 4.79 Å². The van der Waals surface area contributed by atoms with E-state index in [1.807, 2.05) is 22.9 Å². The molecule has 3 heteroatoms. The molecule has 1 nitrogen and oxygen atoms in total. The molecule has 11 heavy (non-hydrogen) atoms. The van der Waals surface area contributed by atoms with E-state index in [-0.39, 0.29) is 5.92 Å². The Morgan fingerprint density at radius 3 is 3.27 bits per heavy atom. The van der Waals surface area contributed by atoms with Crippen LogP contribution in [-0.2, 0) is 4.79 Å². The molecule has 2 rings (SSSR count). The van der Waals surface area contributed by atoms with Gasteiger partial charge in [0.25, 0.3) is 0 Å². The molecule has 0 saturated carbocycles. The molecule has 0 amide bonds. The Morgan fingerprint density at radius 2 is 2.45 bits per heavy atom. The number of fused-ring (bicyclic) bond motifs is 1. The quantitative estimate of drug-likeness (QED) is 0.621. The fourth-order valence-electron chi connectivity index (χ4n) is 1.06. The molecule has 1 aliphatic heterocycles. The van der Waals surface area contributed by atoms with Crippen molar-refractivity contribution in [2.24, 2.45) is 0 Å². The van der Waals surface area contributed by atoms with Crippen LogP contribution in [-0.4, -0.2) is 6.29 Å². The number of carbonyl (C=O) groups is 1. The molecule has 1 unspecified atom stereocenters. The second-order valence-corrected chi connectivity index (χ2v) is 4.36. The van der Waals surface area contributed by atoms with Crippen molar-refractivity contribution in [2.45, 2.75) is 10.1 Å². The molecular weight excluding hydrogens is 176 g/mol. The Bertz CT molecular complexity index is 301. The fraction of sp³-hybridized carbons (Fsp3) is 0.125. The van der Waals surface area contributed by atoms with Gasteiger partial charge in [0.05, 0.1) is 10.1 Å². The van der Waals surface area contributed by atoms with Gasteiger partial charge in [0.1, 0.15) is 6.29 Å². The Hall–Kier alpha value is -0.540. The first-order valence-corrected chi connectivity index (χ1v) is 5.04. The monoisotopic (exact) mass is 182 g/mol. The van der Waals surface area contributed by atoms with Crippen LogP contribution in [0.25, 0.3) is 0 Å². The van der Waals surface area contributed by atoms with Crippen molar-refractivity contribution >= 4 is 29.4 Å². The lowest BCUT2D eigenvalue weighted by atomic mass is 10.1. The van der Waals surface area contributed by atoms with Crippen LogP contribution in [0.1, 0.15) is 11.5 Å². The van der Waals surface area contributed by atoms with Crippen molar-refractivity contribution in [3.63, 3.8) is 0 Å². The molecule has 2 heterocycles. The Kier molecular flexibility index (Phi) is 1.84. The Morgan fingerprint density at radius 1 is 1.55 bits per heavy atom. The van der Waals surface area contributed by atoms with Gasteiger partial charge in [-0.25, -0.2) is 0 Å². The molecule has 0 radical (unpaired) electrons. The average Bonchev–Trinajstić information content (AvgIpc) is 2.50. The van der Waals surface area contributed by atoms with Gasteiger partial charge >= 0.3 is 0 Å². The summed E-state index contributed by atoms with van der Waals surface area (Å²) in [5, 5.41) is 4.01. The maximum Gasteiger partial charge on any atom is 0.131 e. The third kappa shape index (κ3) is 1.14. The number of carbonyl (C=O) groups excluding carboxylic acids is 1. The Labute approximate surface area is 73.1 Å². The van der Waals surface area contributed by atoms with Gasteiger partial charge in [0.15, 0.2) is 0 Å². The normalized spacial score (nSPS) is 21.3. The lowest BCUT2D eigenvalue weighted by Gasteiger charge is -2.09. The smallest absolute Gasteiger partial charge is 0.131 e. The van der Waals surface area contributed by atoms with Gasteiger partial charge in [-0.2, -0.15) is 0 Å². The van der Waals surface area contributed by atoms with E-state index in [2.05, 4.69) is 0 Å². The van der Waals surface area contributed by atoms with Crippen molar-refractivity contribution < 1.29 is 4.79 Å². The number of hydrogen-bond donors (Lipinski definition) is 0. The van der Waals surface area contributed by atoms with Crippen molar-refractivity contribution in [3.8, 4) is 0 Å². The van der Waals surface area contributed by atoms with Crippen LogP contribution in [0.15, 0.2) is 27.1 Å². The summed E-state index contributed by atoms with van der Waals surface area (Å²) in [4.78, 5) is 10.6. The number of allylic oxidation sites excluding steroid dienone is 1. The van der Waals surface area contributed by atoms with Gasteiger partial charge in [-0.15, -0.1) is 11.3 Å². The number of aldehydes is 1. The Balaban J connectivity index is 2.46. The standard InChI is InChI=1S/C8H6OS2/c9-5-6-1-3-10-8-7(6)2-4-11-8/h1-6H. The van der Waals surface area contributed by atoms with E-state index >= 15 is 0 Å². The minimum Gasteiger partial charge on any atom is -0.302 e. The molecule has 56 valence electrons. The first kappa shape index (κ1) is 7.13. The van der Waals surface area contributed by atoms with Crippen LogP contribution in [0, 0.1) is 0 Å². The lowest BCUT2D eigenvalue weighted by Crippen LogP contribution is -1.97. The third-order valence-electron chi connectivity index (χ3n) is 1.63. The van der Waals surface area contributed by atoms with Crippen molar-refractivity contribution in [1.29, 1.82) is 0 Å². The van der Waals surface area contributed by atoms with Crippen LogP contribution >= 0.6 is 23.1 Å². The SMILES string of the molecule is O=CC1C=CSc2sccc21. The number of rotatable bonds is 1. The molecule has 0 aliphatic carbocycles. The second kappa shape index (κ2) is 2.83. The highest BCUT2D eigenvalue weighted by Crippen LogP contribution is 2.38. The highest BCUT2D eigenvalue weighted by Gasteiger charge is 2.16. The summed E-state index contributed by atoms with van der Waals surface area (Å²) in [5.74, 6) is -0.00231. The molecule has 1 aliphatic rings. The minimum atomic E-state index is -0.00231. The predicted molar refractivity (Wildman–Crippen MR) is 48.1 cm³/mol.